The first-order valence-corrected chi connectivity index (χ1v) is 4.75. The van der Waals surface area contributed by atoms with E-state index >= 15 is 0 Å². The minimum absolute atomic E-state index is 0.124. The van der Waals surface area contributed by atoms with Crippen molar-refractivity contribution in [2.24, 2.45) is 0 Å². The first-order valence-electron chi connectivity index (χ1n) is 3.67. The Kier molecular flexibility index (Phi) is 1.99. The number of fused-ring (bicyclic) bond motifs is 1. The highest BCUT2D eigenvalue weighted by molar-refractivity contribution is 14.1. The van der Waals surface area contributed by atoms with Gasteiger partial charge in [0.2, 0.25) is 0 Å². The molecule has 0 spiro atoms. The van der Waals surface area contributed by atoms with Gasteiger partial charge in [-0.2, -0.15) is 0 Å². The zero-order valence-electron chi connectivity index (χ0n) is 6.50. The number of carboxylic acids is 1. The smallest absolute Gasteiger partial charge is 0.0878 e. The third-order valence-electron chi connectivity index (χ3n) is 1.83. The van der Waals surface area contributed by atoms with Crippen LogP contribution >= 0.6 is 22.6 Å². The molecule has 0 amide bonds. The fourth-order valence-electron chi connectivity index (χ4n) is 1.23. The molecule has 4 heteroatoms. The molecule has 0 aliphatic heterocycles. The van der Waals surface area contributed by atoms with Gasteiger partial charge in [-0.25, -0.2) is 0 Å². The summed E-state index contributed by atoms with van der Waals surface area (Å²) in [5.74, 6) is -1.17. The molecule has 1 aromatic heterocycles. The number of benzene rings is 1. The number of carbonyl (C=O) groups excluding carboxylic acids is 1. The lowest BCUT2D eigenvalue weighted by Gasteiger charge is -1.93. The predicted molar refractivity (Wildman–Crippen MR) is 55.3 cm³/mol. The molecular formula is C9H5INO2-. The van der Waals surface area contributed by atoms with Gasteiger partial charge in [0.25, 0.3) is 0 Å². The van der Waals surface area contributed by atoms with E-state index in [2.05, 4.69) is 27.6 Å². The van der Waals surface area contributed by atoms with E-state index in [-0.39, 0.29) is 5.69 Å². The number of aromatic carboxylic acids is 1. The number of hydrogen-bond acceptors (Lipinski definition) is 2. The second kappa shape index (κ2) is 3.02. The van der Waals surface area contributed by atoms with Crippen LogP contribution in [0.25, 0.3) is 10.9 Å². The molecule has 0 aliphatic carbocycles. The topological polar surface area (TPSA) is 55.9 Å². The Labute approximate surface area is 87.9 Å². The maximum absolute atomic E-state index is 10.5. The second-order valence-corrected chi connectivity index (χ2v) is 3.83. The molecule has 0 aliphatic rings. The number of hydrogen-bond donors (Lipinski definition) is 1. The number of aromatic amines is 1. The number of halogens is 1. The van der Waals surface area contributed by atoms with Crippen molar-refractivity contribution in [3.8, 4) is 0 Å². The number of aromatic nitrogens is 1. The molecule has 0 atom stereocenters. The van der Waals surface area contributed by atoms with Gasteiger partial charge in [0.1, 0.15) is 0 Å². The Morgan fingerprint density at radius 2 is 2.23 bits per heavy atom. The van der Waals surface area contributed by atoms with Crippen LogP contribution in [0.3, 0.4) is 0 Å². The Balaban J connectivity index is 2.75. The SMILES string of the molecule is O=C([O-])c1cc2c(I)cccc2[nH]1. The van der Waals surface area contributed by atoms with E-state index in [0.717, 1.165) is 14.5 Å². The summed E-state index contributed by atoms with van der Waals surface area (Å²) < 4.78 is 1.03. The minimum Gasteiger partial charge on any atom is -0.543 e. The second-order valence-electron chi connectivity index (χ2n) is 2.67. The lowest BCUT2D eigenvalue weighted by Crippen LogP contribution is -2.22. The lowest BCUT2D eigenvalue weighted by molar-refractivity contribution is -0.255. The van der Waals surface area contributed by atoms with E-state index in [4.69, 9.17) is 0 Å². The van der Waals surface area contributed by atoms with Crippen molar-refractivity contribution in [3.63, 3.8) is 0 Å². The number of nitrogens with one attached hydrogen (secondary N) is 1. The van der Waals surface area contributed by atoms with Gasteiger partial charge in [-0.1, -0.05) is 6.07 Å². The van der Waals surface area contributed by atoms with Gasteiger partial charge in [0.05, 0.1) is 11.7 Å². The van der Waals surface area contributed by atoms with Crippen LogP contribution in [-0.2, 0) is 0 Å². The molecule has 13 heavy (non-hydrogen) atoms. The summed E-state index contributed by atoms with van der Waals surface area (Å²) >= 11 is 2.16. The van der Waals surface area contributed by atoms with E-state index in [1.165, 1.54) is 0 Å². The van der Waals surface area contributed by atoms with E-state index in [0.29, 0.717) is 0 Å². The summed E-state index contributed by atoms with van der Waals surface area (Å²) in [5, 5.41) is 11.5. The van der Waals surface area contributed by atoms with Gasteiger partial charge in [-0.3, -0.25) is 0 Å². The van der Waals surface area contributed by atoms with Crippen LogP contribution < -0.4 is 5.11 Å². The van der Waals surface area contributed by atoms with Gasteiger partial charge in [-0.15, -0.1) is 0 Å². The molecule has 2 rings (SSSR count). The fourth-order valence-corrected chi connectivity index (χ4v) is 1.88. The Hall–Kier alpha value is -1.04. The third kappa shape index (κ3) is 1.41. The Bertz CT molecular complexity index is 475. The summed E-state index contributed by atoms with van der Waals surface area (Å²) in [7, 11) is 0. The number of carbonyl (C=O) groups is 1. The molecule has 0 saturated heterocycles. The van der Waals surface area contributed by atoms with Gasteiger partial charge in [0.15, 0.2) is 0 Å². The number of H-pyrrole nitrogens is 1. The summed E-state index contributed by atoms with van der Waals surface area (Å²) in [6.45, 7) is 0. The molecule has 2 aromatic rings. The lowest BCUT2D eigenvalue weighted by atomic mass is 10.2. The predicted octanol–water partition coefficient (Wildman–Crippen LogP) is 1.14. The minimum atomic E-state index is -1.17. The fraction of sp³-hybridized carbons (Fsp3) is 0. The van der Waals surface area contributed by atoms with Crippen LogP contribution in [0.5, 0.6) is 0 Å². The summed E-state index contributed by atoms with van der Waals surface area (Å²) in [6, 6.07) is 7.23. The van der Waals surface area contributed by atoms with Crippen molar-refractivity contribution in [3.05, 3.63) is 33.5 Å². The average molecular weight is 286 g/mol. The zero-order valence-corrected chi connectivity index (χ0v) is 8.66. The third-order valence-corrected chi connectivity index (χ3v) is 2.77. The molecule has 0 radical (unpaired) electrons. The molecular weight excluding hydrogens is 281 g/mol. The molecule has 0 bridgehead atoms. The van der Waals surface area contributed by atoms with Crippen molar-refractivity contribution >= 4 is 39.5 Å². The van der Waals surface area contributed by atoms with E-state index in [9.17, 15) is 9.90 Å². The molecule has 1 heterocycles. The highest BCUT2D eigenvalue weighted by atomic mass is 127. The summed E-state index contributed by atoms with van der Waals surface area (Å²) in [6.07, 6.45) is 0. The monoisotopic (exact) mass is 286 g/mol. The Morgan fingerprint density at radius 1 is 1.46 bits per heavy atom. The molecule has 3 nitrogen and oxygen atoms in total. The molecule has 0 unspecified atom stereocenters. The van der Waals surface area contributed by atoms with Gasteiger partial charge >= 0.3 is 0 Å². The van der Waals surface area contributed by atoms with Crippen LogP contribution in [0.1, 0.15) is 10.5 Å². The highest BCUT2D eigenvalue weighted by Crippen LogP contribution is 2.20. The van der Waals surface area contributed by atoms with Crippen LogP contribution in [0.4, 0.5) is 0 Å². The average Bonchev–Trinajstić information content (AvgIpc) is 2.49. The molecule has 66 valence electrons. The molecule has 0 fully saturated rings. The summed E-state index contributed by atoms with van der Waals surface area (Å²) in [5.41, 5.74) is 0.949. The van der Waals surface area contributed by atoms with Crippen LogP contribution in [-0.4, -0.2) is 11.0 Å². The highest BCUT2D eigenvalue weighted by Gasteiger charge is 2.03. The first kappa shape index (κ1) is 8.55. The van der Waals surface area contributed by atoms with Crippen molar-refractivity contribution in [2.75, 3.05) is 0 Å². The first-order chi connectivity index (χ1) is 6.18. The maximum atomic E-state index is 10.5. The summed E-state index contributed by atoms with van der Waals surface area (Å²) in [4.78, 5) is 13.3. The van der Waals surface area contributed by atoms with Crippen molar-refractivity contribution in [2.45, 2.75) is 0 Å². The number of rotatable bonds is 1. The number of carboxylic acid groups (broad SMARTS) is 1. The quantitative estimate of drug-likeness (QED) is 0.799. The van der Waals surface area contributed by atoms with Crippen molar-refractivity contribution in [1.29, 1.82) is 0 Å². The standard InChI is InChI=1S/C9H6INO2/c10-6-2-1-3-7-5(6)4-8(11-7)9(12)13/h1-4,11H,(H,12,13)/p-1. The largest absolute Gasteiger partial charge is 0.543 e. The van der Waals surface area contributed by atoms with Gasteiger partial charge in [-0.05, 0) is 40.8 Å². The van der Waals surface area contributed by atoms with Crippen LogP contribution in [0, 0.1) is 3.57 Å². The molecule has 1 aromatic carbocycles. The van der Waals surface area contributed by atoms with Gasteiger partial charge in [0, 0.05) is 14.5 Å². The van der Waals surface area contributed by atoms with E-state index in [1.807, 2.05) is 18.2 Å². The molecule has 0 saturated carbocycles. The maximum Gasteiger partial charge on any atom is 0.0878 e. The van der Waals surface area contributed by atoms with Gasteiger partial charge < -0.3 is 14.9 Å². The van der Waals surface area contributed by atoms with Crippen LogP contribution in [0.15, 0.2) is 24.3 Å². The van der Waals surface area contributed by atoms with Crippen LogP contribution in [0.2, 0.25) is 0 Å². The van der Waals surface area contributed by atoms with E-state index in [1.54, 1.807) is 6.07 Å². The Morgan fingerprint density at radius 3 is 2.85 bits per heavy atom. The van der Waals surface area contributed by atoms with Crippen molar-refractivity contribution in [1.82, 2.24) is 4.98 Å². The normalized spacial score (nSPS) is 10.5. The van der Waals surface area contributed by atoms with Crippen molar-refractivity contribution < 1.29 is 9.90 Å². The molecule has 1 N–H and O–H groups in total. The van der Waals surface area contributed by atoms with E-state index < -0.39 is 5.97 Å². The zero-order chi connectivity index (χ0) is 9.42.